The van der Waals surface area contributed by atoms with Gasteiger partial charge in [-0.15, -0.1) is 0 Å². The molecule has 1 aromatic rings. The molecule has 132 valence electrons. The maximum atomic E-state index is 4.65. The average molecular weight is 329 g/mol. The Balaban J connectivity index is 1.46. The summed E-state index contributed by atoms with van der Waals surface area (Å²) >= 11 is 0. The van der Waals surface area contributed by atoms with Crippen LogP contribution in [0.4, 0.5) is 5.69 Å². The van der Waals surface area contributed by atoms with Crippen molar-refractivity contribution in [3.63, 3.8) is 0 Å². The van der Waals surface area contributed by atoms with Crippen LogP contribution < -0.4 is 15.5 Å². The first-order valence-electron chi connectivity index (χ1n) is 9.67. The normalized spacial score (nSPS) is 24.8. The predicted molar refractivity (Wildman–Crippen MR) is 103 cm³/mol. The van der Waals surface area contributed by atoms with Gasteiger partial charge in [0.25, 0.3) is 0 Å². The Morgan fingerprint density at radius 2 is 1.88 bits per heavy atom. The molecule has 0 bridgehead atoms. The number of piperidine rings is 1. The maximum absolute atomic E-state index is 4.65. The van der Waals surface area contributed by atoms with E-state index in [4.69, 9.17) is 0 Å². The third-order valence-electron chi connectivity index (χ3n) is 5.18. The van der Waals surface area contributed by atoms with E-state index in [-0.39, 0.29) is 0 Å². The fraction of sp³-hybridized carbons (Fsp3) is 0.650. The molecule has 2 aliphatic rings. The van der Waals surface area contributed by atoms with E-state index in [1.54, 1.807) is 0 Å². The van der Waals surface area contributed by atoms with Gasteiger partial charge in [-0.05, 0) is 50.7 Å². The summed E-state index contributed by atoms with van der Waals surface area (Å²) in [6.07, 6.45) is 6.27. The van der Waals surface area contributed by atoms with E-state index in [1.807, 2.05) is 0 Å². The summed E-state index contributed by atoms with van der Waals surface area (Å²) in [6, 6.07) is 11.9. The van der Waals surface area contributed by atoms with Gasteiger partial charge in [0.1, 0.15) is 0 Å². The van der Waals surface area contributed by atoms with Gasteiger partial charge >= 0.3 is 0 Å². The van der Waals surface area contributed by atoms with Crippen molar-refractivity contribution in [2.75, 3.05) is 24.5 Å². The molecule has 4 heteroatoms. The molecule has 2 atom stereocenters. The van der Waals surface area contributed by atoms with Crippen molar-refractivity contribution in [2.45, 2.75) is 58.0 Å². The van der Waals surface area contributed by atoms with Crippen molar-refractivity contribution in [3.8, 4) is 0 Å². The lowest BCUT2D eigenvalue weighted by Crippen LogP contribution is -2.49. The second-order valence-electron chi connectivity index (χ2n) is 7.10. The van der Waals surface area contributed by atoms with Crippen molar-refractivity contribution in [1.29, 1.82) is 0 Å². The zero-order valence-electron chi connectivity index (χ0n) is 15.2. The molecule has 2 N–H and O–H groups in total. The Labute approximate surface area is 146 Å². The van der Waals surface area contributed by atoms with Crippen LogP contribution in [0.15, 0.2) is 35.3 Å². The number of hydrogen-bond donors (Lipinski definition) is 2. The molecule has 0 spiro atoms. The minimum Gasteiger partial charge on any atom is -0.371 e. The van der Waals surface area contributed by atoms with E-state index in [9.17, 15) is 0 Å². The molecule has 1 aliphatic heterocycles. The lowest BCUT2D eigenvalue weighted by molar-refractivity contribution is 0.460. The number of para-hydroxylation sites is 1. The van der Waals surface area contributed by atoms with Gasteiger partial charge in [0.05, 0.1) is 0 Å². The van der Waals surface area contributed by atoms with Crippen molar-refractivity contribution in [3.05, 3.63) is 30.3 Å². The predicted octanol–water partition coefficient (Wildman–Crippen LogP) is 3.40. The molecular weight excluding hydrogens is 296 g/mol. The monoisotopic (exact) mass is 328 g/mol. The smallest absolute Gasteiger partial charge is 0.191 e. The molecule has 4 nitrogen and oxygen atoms in total. The van der Waals surface area contributed by atoms with Crippen LogP contribution in [-0.2, 0) is 0 Å². The van der Waals surface area contributed by atoms with Gasteiger partial charge in [0, 0.05) is 37.4 Å². The van der Waals surface area contributed by atoms with E-state index in [1.165, 1.54) is 37.8 Å². The topological polar surface area (TPSA) is 39.7 Å². The summed E-state index contributed by atoms with van der Waals surface area (Å²) < 4.78 is 0. The first-order valence-corrected chi connectivity index (χ1v) is 9.67. The Hall–Kier alpha value is -1.71. The summed E-state index contributed by atoms with van der Waals surface area (Å²) in [5, 5.41) is 7.32. The van der Waals surface area contributed by atoms with Crippen LogP contribution in [0.2, 0.25) is 0 Å². The highest BCUT2D eigenvalue weighted by molar-refractivity contribution is 5.80. The molecule has 1 saturated carbocycles. The number of benzene rings is 1. The van der Waals surface area contributed by atoms with Crippen molar-refractivity contribution in [1.82, 2.24) is 10.6 Å². The van der Waals surface area contributed by atoms with Crippen LogP contribution in [0.5, 0.6) is 0 Å². The highest BCUT2D eigenvalue weighted by Gasteiger charge is 2.36. The molecule has 1 aliphatic carbocycles. The Morgan fingerprint density at radius 3 is 2.54 bits per heavy atom. The number of rotatable bonds is 6. The van der Waals surface area contributed by atoms with E-state index in [0.717, 1.165) is 31.5 Å². The minimum atomic E-state index is 0.533. The van der Waals surface area contributed by atoms with Gasteiger partial charge in [0.2, 0.25) is 0 Å². The number of nitrogens with zero attached hydrogens (tertiary/aromatic N) is 2. The fourth-order valence-electron chi connectivity index (χ4n) is 3.70. The zero-order chi connectivity index (χ0) is 16.8. The highest BCUT2D eigenvalue weighted by Crippen LogP contribution is 2.34. The highest BCUT2D eigenvalue weighted by atomic mass is 15.2. The molecule has 2 unspecified atom stereocenters. The first kappa shape index (κ1) is 17.1. The van der Waals surface area contributed by atoms with Crippen molar-refractivity contribution >= 4 is 11.6 Å². The number of guanidine groups is 1. The molecular formula is C20H32N4. The van der Waals surface area contributed by atoms with Crippen LogP contribution in [0, 0.1) is 5.92 Å². The molecule has 0 aromatic heterocycles. The van der Waals surface area contributed by atoms with Gasteiger partial charge in [-0.3, -0.25) is 4.99 Å². The molecule has 0 radical (unpaired) electrons. The third kappa shape index (κ3) is 4.65. The van der Waals surface area contributed by atoms with E-state index in [2.05, 4.69) is 64.7 Å². The van der Waals surface area contributed by atoms with Gasteiger partial charge in [-0.1, -0.05) is 31.5 Å². The van der Waals surface area contributed by atoms with Crippen LogP contribution >= 0.6 is 0 Å². The van der Waals surface area contributed by atoms with Gasteiger partial charge in [-0.25, -0.2) is 0 Å². The van der Waals surface area contributed by atoms with Gasteiger partial charge in [-0.2, -0.15) is 0 Å². The van der Waals surface area contributed by atoms with E-state index in [0.29, 0.717) is 12.1 Å². The van der Waals surface area contributed by atoms with Crippen LogP contribution in [0.3, 0.4) is 0 Å². The van der Waals surface area contributed by atoms with Crippen molar-refractivity contribution < 1.29 is 0 Å². The Morgan fingerprint density at radius 1 is 1.12 bits per heavy atom. The average Bonchev–Trinajstić information content (AvgIpc) is 3.34. The second kappa shape index (κ2) is 8.41. The third-order valence-corrected chi connectivity index (χ3v) is 5.18. The first-order chi connectivity index (χ1) is 11.8. The quantitative estimate of drug-likeness (QED) is 0.621. The minimum absolute atomic E-state index is 0.533. The largest absolute Gasteiger partial charge is 0.371 e. The van der Waals surface area contributed by atoms with Crippen LogP contribution in [-0.4, -0.2) is 37.7 Å². The Kier molecular flexibility index (Phi) is 6.00. The standard InChI is InChI=1S/C20H32N4/c1-3-8-16-15-19(16)23-20(21-4-2)22-17-11-13-24(14-12-17)18-9-6-5-7-10-18/h5-7,9-10,16-17,19H,3-4,8,11-15H2,1-2H3,(H2,21,22,23). The molecule has 1 heterocycles. The van der Waals surface area contributed by atoms with E-state index < -0.39 is 0 Å². The van der Waals surface area contributed by atoms with Crippen LogP contribution in [0.1, 0.15) is 46.0 Å². The summed E-state index contributed by atoms with van der Waals surface area (Å²) in [6.45, 7) is 7.45. The maximum Gasteiger partial charge on any atom is 0.191 e. The van der Waals surface area contributed by atoms with Gasteiger partial charge < -0.3 is 15.5 Å². The lowest BCUT2D eigenvalue weighted by Gasteiger charge is -2.34. The number of nitrogens with one attached hydrogen (secondary N) is 2. The van der Waals surface area contributed by atoms with Gasteiger partial charge in [0.15, 0.2) is 5.96 Å². The molecule has 0 amide bonds. The second-order valence-corrected chi connectivity index (χ2v) is 7.10. The number of aliphatic imine (C=N–C) groups is 1. The molecule has 2 fully saturated rings. The summed E-state index contributed by atoms with van der Waals surface area (Å²) in [4.78, 5) is 7.14. The zero-order valence-corrected chi connectivity index (χ0v) is 15.2. The van der Waals surface area contributed by atoms with Crippen LogP contribution in [0.25, 0.3) is 0 Å². The molecule has 1 aromatic carbocycles. The molecule has 3 rings (SSSR count). The number of hydrogen-bond acceptors (Lipinski definition) is 2. The summed E-state index contributed by atoms with van der Waals surface area (Å²) in [5.41, 5.74) is 1.34. The molecule has 24 heavy (non-hydrogen) atoms. The van der Waals surface area contributed by atoms with E-state index >= 15 is 0 Å². The fourth-order valence-corrected chi connectivity index (χ4v) is 3.70. The Bertz CT molecular complexity index is 520. The number of anilines is 1. The van der Waals surface area contributed by atoms with Crippen molar-refractivity contribution in [2.24, 2.45) is 10.9 Å². The summed E-state index contributed by atoms with van der Waals surface area (Å²) in [7, 11) is 0. The SMILES string of the molecule is CCCC1CC1NC(=NCC)NC1CCN(c2ccccc2)CC1. The lowest BCUT2D eigenvalue weighted by atomic mass is 10.0. The summed E-state index contributed by atoms with van der Waals surface area (Å²) in [5.74, 6) is 1.89. The molecule has 1 saturated heterocycles.